The molecule has 1 N–H and O–H groups in total. The minimum Gasteiger partial charge on any atom is -0.264 e. The first kappa shape index (κ1) is 13.4. The zero-order chi connectivity index (χ0) is 9.73. The molecule has 0 fully saturated rings. The Hall–Kier alpha value is -0.620. The lowest BCUT2D eigenvalue weighted by atomic mass is 10.2. The van der Waals surface area contributed by atoms with Crippen LogP contribution in [0.25, 0.3) is 0 Å². The van der Waals surface area contributed by atoms with E-state index in [1.807, 2.05) is 30.3 Å². The van der Waals surface area contributed by atoms with Crippen molar-refractivity contribution < 1.29 is 17.2 Å². The molecule has 0 bridgehead atoms. The summed E-state index contributed by atoms with van der Waals surface area (Å²) in [6.45, 7) is -0.0388. The van der Waals surface area contributed by atoms with Gasteiger partial charge < -0.3 is 0 Å². The Morgan fingerprint density at radius 3 is 2.29 bits per heavy atom. The van der Waals surface area contributed by atoms with Gasteiger partial charge in [-0.15, -0.1) is 12.4 Å². The molecule has 0 aliphatic heterocycles. The summed E-state index contributed by atoms with van der Waals surface area (Å²) in [7, 11) is -4.29. The summed E-state index contributed by atoms with van der Waals surface area (Å²) in [4.78, 5) is 0. The summed E-state index contributed by atoms with van der Waals surface area (Å²) in [5.74, 6) is 0. The fourth-order valence-corrected chi connectivity index (χ4v) is 1.20. The highest BCUT2D eigenvalue weighted by Gasteiger charge is 2.02. The Kier molecular flexibility index (Phi) is 5.71. The Labute approximate surface area is 89.3 Å². The maximum atomic E-state index is 10.2. The fourth-order valence-electron chi connectivity index (χ4n) is 0.910. The Balaban J connectivity index is 0.00000169. The molecule has 0 saturated heterocycles. The van der Waals surface area contributed by atoms with Crippen molar-refractivity contribution in [3.8, 4) is 0 Å². The third-order valence-corrected chi connectivity index (χ3v) is 1.93. The smallest absolute Gasteiger partial charge is 0.264 e. The molecule has 0 unspecified atom stereocenters. The average molecular weight is 239 g/mol. The molecule has 0 aromatic heterocycles. The van der Waals surface area contributed by atoms with Crippen LogP contribution in [0.4, 0.5) is 0 Å². The summed E-state index contributed by atoms with van der Waals surface area (Å²) in [6, 6.07) is 9.28. The predicted molar refractivity (Wildman–Crippen MR) is 54.9 cm³/mol. The Morgan fingerprint density at radius 1 is 1.21 bits per heavy atom. The first-order valence-electron chi connectivity index (χ1n) is 3.74. The van der Waals surface area contributed by atoms with Gasteiger partial charge >= 0.3 is 10.4 Å². The normalized spacial score (nSPS) is 10.6. The Morgan fingerprint density at radius 2 is 1.79 bits per heavy atom. The lowest BCUT2D eigenvalue weighted by molar-refractivity contribution is 0.272. The molecule has 0 saturated carbocycles. The van der Waals surface area contributed by atoms with Crippen LogP contribution < -0.4 is 0 Å². The summed E-state index contributed by atoms with van der Waals surface area (Å²) >= 11 is 0. The van der Waals surface area contributed by atoms with Crippen molar-refractivity contribution in [2.24, 2.45) is 0 Å². The van der Waals surface area contributed by atoms with Gasteiger partial charge in [-0.05, 0) is 12.0 Å². The molecular weight excluding hydrogens is 228 g/mol. The summed E-state index contributed by atoms with van der Waals surface area (Å²) in [5.41, 5.74) is 0.964. The van der Waals surface area contributed by atoms with E-state index in [-0.39, 0.29) is 19.0 Å². The van der Waals surface area contributed by atoms with E-state index in [0.29, 0.717) is 6.42 Å². The number of rotatable bonds is 4. The number of benzene rings is 1. The third kappa shape index (κ3) is 5.93. The van der Waals surface area contributed by atoms with Gasteiger partial charge in [0.25, 0.3) is 0 Å². The van der Waals surface area contributed by atoms with Gasteiger partial charge in [-0.1, -0.05) is 30.3 Å². The molecular formula is C8H11ClO4S. The molecule has 14 heavy (non-hydrogen) atoms. The fraction of sp³-hybridized carbons (Fsp3) is 0.250. The SMILES string of the molecule is Cl.O=S(=O)(O)OCCc1ccccc1. The van der Waals surface area contributed by atoms with E-state index >= 15 is 0 Å². The monoisotopic (exact) mass is 238 g/mol. The van der Waals surface area contributed by atoms with E-state index in [4.69, 9.17) is 4.55 Å². The quantitative estimate of drug-likeness (QED) is 0.807. The van der Waals surface area contributed by atoms with Crippen molar-refractivity contribution >= 4 is 22.8 Å². The van der Waals surface area contributed by atoms with Gasteiger partial charge in [0.15, 0.2) is 0 Å². The van der Waals surface area contributed by atoms with Crippen LogP contribution in [-0.4, -0.2) is 19.6 Å². The molecule has 6 heteroatoms. The van der Waals surface area contributed by atoms with Gasteiger partial charge in [0.1, 0.15) is 0 Å². The van der Waals surface area contributed by atoms with E-state index in [9.17, 15) is 8.42 Å². The molecule has 0 aliphatic rings. The minimum atomic E-state index is -4.29. The van der Waals surface area contributed by atoms with Gasteiger partial charge in [-0.3, -0.25) is 4.55 Å². The van der Waals surface area contributed by atoms with Crippen molar-refractivity contribution in [2.45, 2.75) is 6.42 Å². The van der Waals surface area contributed by atoms with Gasteiger partial charge in [-0.25, -0.2) is 4.18 Å². The molecule has 0 spiro atoms. The van der Waals surface area contributed by atoms with E-state index in [1.165, 1.54) is 0 Å². The molecule has 80 valence electrons. The van der Waals surface area contributed by atoms with E-state index in [0.717, 1.165) is 5.56 Å². The summed E-state index contributed by atoms with van der Waals surface area (Å²) < 4.78 is 32.7. The number of hydrogen-bond donors (Lipinski definition) is 1. The summed E-state index contributed by atoms with van der Waals surface area (Å²) in [5, 5.41) is 0. The zero-order valence-electron chi connectivity index (χ0n) is 7.29. The molecule has 1 rings (SSSR count). The van der Waals surface area contributed by atoms with Gasteiger partial charge in [0.05, 0.1) is 6.61 Å². The van der Waals surface area contributed by atoms with Crippen molar-refractivity contribution in [2.75, 3.05) is 6.61 Å². The third-order valence-electron chi connectivity index (χ3n) is 1.47. The standard InChI is InChI=1S/C8H10O4S.ClH/c9-13(10,11)12-7-6-8-4-2-1-3-5-8;/h1-5H,6-7H2,(H,9,10,11);1H. The maximum Gasteiger partial charge on any atom is 0.397 e. The first-order valence-corrected chi connectivity index (χ1v) is 5.10. The molecule has 4 nitrogen and oxygen atoms in total. The van der Waals surface area contributed by atoms with Crippen molar-refractivity contribution in [1.82, 2.24) is 0 Å². The minimum absolute atomic E-state index is 0. The van der Waals surface area contributed by atoms with Crippen LogP contribution in [0, 0.1) is 0 Å². The molecule has 1 aromatic carbocycles. The zero-order valence-corrected chi connectivity index (χ0v) is 8.92. The molecule has 1 aromatic rings. The summed E-state index contributed by atoms with van der Waals surface area (Å²) in [6.07, 6.45) is 0.459. The second-order valence-electron chi connectivity index (χ2n) is 2.49. The lowest BCUT2D eigenvalue weighted by Gasteiger charge is -1.99. The van der Waals surface area contributed by atoms with Crippen molar-refractivity contribution in [3.63, 3.8) is 0 Å². The van der Waals surface area contributed by atoms with Crippen LogP contribution >= 0.6 is 12.4 Å². The van der Waals surface area contributed by atoms with Gasteiger partial charge in [0.2, 0.25) is 0 Å². The number of hydrogen-bond acceptors (Lipinski definition) is 3. The molecule has 0 heterocycles. The second kappa shape index (κ2) is 5.98. The molecule has 0 radical (unpaired) electrons. The van der Waals surface area contributed by atoms with E-state index in [2.05, 4.69) is 4.18 Å². The highest BCUT2D eigenvalue weighted by atomic mass is 35.5. The predicted octanol–water partition coefficient (Wildman–Crippen LogP) is 1.47. The topological polar surface area (TPSA) is 63.6 Å². The maximum absolute atomic E-state index is 10.2. The van der Waals surface area contributed by atoms with Gasteiger partial charge in [-0.2, -0.15) is 8.42 Å². The average Bonchev–Trinajstić information content (AvgIpc) is 2.04. The second-order valence-corrected chi connectivity index (χ2v) is 3.58. The van der Waals surface area contributed by atoms with Gasteiger partial charge in [0, 0.05) is 0 Å². The van der Waals surface area contributed by atoms with Crippen LogP contribution in [0.1, 0.15) is 5.56 Å². The van der Waals surface area contributed by atoms with Crippen molar-refractivity contribution in [1.29, 1.82) is 0 Å². The lowest BCUT2D eigenvalue weighted by Crippen LogP contribution is -2.06. The largest absolute Gasteiger partial charge is 0.397 e. The number of halogens is 1. The first-order chi connectivity index (χ1) is 6.08. The highest BCUT2D eigenvalue weighted by molar-refractivity contribution is 7.80. The molecule has 0 amide bonds. The van der Waals surface area contributed by atoms with Crippen LogP contribution in [0.2, 0.25) is 0 Å². The van der Waals surface area contributed by atoms with E-state index in [1.54, 1.807) is 0 Å². The van der Waals surface area contributed by atoms with Crippen LogP contribution in [-0.2, 0) is 21.0 Å². The molecule has 0 atom stereocenters. The Bertz CT molecular complexity index is 349. The molecule has 0 aliphatic carbocycles. The van der Waals surface area contributed by atoms with Crippen LogP contribution in [0.5, 0.6) is 0 Å². The van der Waals surface area contributed by atoms with Crippen molar-refractivity contribution in [3.05, 3.63) is 35.9 Å². The van der Waals surface area contributed by atoms with Crippen LogP contribution in [0.15, 0.2) is 30.3 Å². The van der Waals surface area contributed by atoms with E-state index < -0.39 is 10.4 Å². The van der Waals surface area contributed by atoms with Crippen LogP contribution in [0.3, 0.4) is 0 Å². The highest BCUT2D eigenvalue weighted by Crippen LogP contribution is 2.00.